The van der Waals surface area contributed by atoms with Crippen LogP contribution in [0, 0.1) is 5.82 Å². The van der Waals surface area contributed by atoms with Gasteiger partial charge in [0, 0.05) is 18.8 Å². The van der Waals surface area contributed by atoms with E-state index in [1.807, 2.05) is 0 Å². The molecule has 0 bridgehead atoms. The number of alkyl halides is 1. The number of anilines is 3. The number of nitrogens with zero attached hydrogens (tertiary/aromatic N) is 1. The van der Waals surface area contributed by atoms with E-state index in [0.717, 1.165) is 5.56 Å². The molecule has 1 aromatic carbocycles. The summed E-state index contributed by atoms with van der Waals surface area (Å²) in [5.74, 6) is 0.823. The van der Waals surface area contributed by atoms with Gasteiger partial charge in [0.25, 0.3) is 0 Å². The summed E-state index contributed by atoms with van der Waals surface area (Å²) in [5, 5.41) is 5.79. The highest BCUT2D eigenvalue weighted by Gasteiger charge is 2.07. The smallest absolute Gasteiger partial charge is 0.224 e. The van der Waals surface area contributed by atoms with Gasteiger partial charge in [-0.3, -0.25) is 4.79 Å². The van der Waals surface area contributed by atoms with Crippen LogP contribution in [0.2, 0.25) is 0 Å². The molecule has 0 saturated carbocycles. The number of benzene rings is 1. The molecule has 0 spiro atoms. The van der Waals surface area contributed by atoms with Crippen molar-refractivity contribution in [2.45, 2.75) is 19.4 Å². The van der Waals surface area contributed by atoms with Crippen molar-refractivity contribution in [2.24, 2.45) is 0 Å². The van der Waals surface area contributed by atoms with Gasteiger partial charge in [0.2, 0.25) is 5.91 Å². The summed E-state index contributed by atoms with van der Waals surface area (Å²) in [7, 11) is 0. The van der Waals surface area contributed by atoms with Gasteiger partial charge in [-0.05, 0) is 36.2 Å². The molecule has 122 valence electrons. The van der Waals surface area contributed by atoms with Crippen molar-refractivity contribution in [3.63, 3.8) is 0 Å². The van der Waals surface area contributed by atoms with Crippen molar-refractivity contribution in [3.05, 3.63) is 47.8 Å². The predicted octanol–water partition coefficient (Wildman–Crippen LogP) is 3.37. The standard InChI is InChI=1S/C16H18ClFN4O/c17-9-1-2-15(23)21-13-7-8-14(22-16(13)19)20-10-11-3-5-12(18)6-4-11/h3-8H,1-2,9-10H2,(H,21,23)(H3,19,20,22). The van der Waals surface area contributed by atoms with Crippen molar-refractivity contribution in [1.29, 1.82) is 0 Å². The first kappa shape index (κ1) is 17.0. The molecule has 23 heavy (non-hydrogen) atoms. The maximum Gasteiger partial charge on any atom is 0.224 e. The Balaban J connectivity index is 1.93. The molecule has 0 saturated heterocycles. The fourth-order valence-electron chi connectivity index (χ4n) is 1.91. The number of nitrogens with two attached hydrogens (primary N) is 1. The van der Waals surface area contributed by atoms with Gasteiger partial charge in [0.05, 0.1) is 5.69 Å². The van der Waals surface area contributed by atoms with Gasteiger partial charge >= 0.3 is 0 Å². The lowest BCUT2D eigenvalue weighted by Gasteiger charge is -2.10. The molecule has 0 aliphatic carbocycles. The number of pyridine rings is 1. The lowest BCUT2D eigenvalue weighted by Crippen LogP contribution is -2.14. The highest BCUT2D eigenvalue weighted by atomic mass is 35.5. The minimum absolute atomic E-state index is 0.147. The first-order valence-electron chi connectivity index (χ1n) is 7.19. The molecule has 0 aliphatic heterocycles. The lowest BCUT2D eigenvalue weighted by atomic mass is 10.2. The Kier molecular flexibility index (Phi) is 6.17. The van der Waals surface area contributed by atoms with Crippen LogP contribution in [-0.4, -0.2) is 16.8 Å². The number of hydrogen-bond acceptors (Lipinski definition) is 4. The maximum atomic E-state index is 12.8. The van der Waals surface area contributed by atoms with Crippen LogP contribution in [0.4, 0.5) is 21.7 Å². The topological polar surface area (TPSA) is 80.0 Å². The molecule has 0 radical (unpaired) electrons. The van der Waals surface area contributed by atoms with Crippen molar-refractivity contribution in [3.8, 4) is 0 Å². The summed E-state index contributed by atoms with van der Waals surface area (Å²) in [6.45, 7) is 0.494. The zero-order valence-electron chi connectivity index (χ0n) is 12.5. The first-order valence-corrected chi connectivity index (χ1v) is 7.72. The zero-order chi connectivity index (χ0) is 16.7. The third-order valence-corrected chi connectivity index (χ3v) is 3.39. The number of carbonyl (C=O) groups is 1. The predicted molar refractivity (Wildman–Crippen MR) is 91.0 cm³/mol. The SMILES string of the molecule is Nc1nc(NCc2ccc(F)cc2)ccc1NC(=O)CCCCl. The van der Waals surface area contributed by atoms with Crippen molar-refractivity contribution in [1.82, 2.24) is 4.98 Å². The number of amides is 1. The molecular weight excluding hydrogens is 319 g/mol. The number of aromatic nitrogens is 1. The van der Waals surface area contributed by atoms with Crippen molar-refractivity contribution >= 4 is 34.8 Å². The normalized spacial score (nSPS) is 10.3. The van der Waals surface area contributed by atoms with Crippen LogP contribution in [0.5, 0.6) is 0 Å². The number of halogens is 2. The van der Waals surface area contributed by atoms with E-state index in [1.165, 1.54) is 12.1 Å². The minimum atomic E-state index is -0.273. The van der Waals surface area contributed by atoms with Gasteiger partial charge in [0.15, 0.2) is 0 Å². The Morgan fingerprint density at radius 3 is 2.61 bits per heavy atom. The first-order chi connectivity index (χ1) is 11.1. The highest BCUT2D eigenvalue weighted by molar-refractivity contribution is 6.18. The molecule has 1 heterocycles. The van der Waals surface area contributed by atoms with E-state index in [-0.39, 0.29) is 17.5 Å². The van der Waals surface area contributed by atoms with Gasteiger partial charge in [-0.2, -0.15) is 0 Å². The molecule has 2 rings (SSSR count). The summed E-state index contributed by atoms with van der Waals surface area (Å²) in [5.41, 5.74) is 7.24. The number of hydrogen-bond donors (Lipinski definition) is 3. The second kappa shape index (κ2) is 8.33. The molecule has 7 heteroatoms. The molecule has 0 unspecified atom stereocenters. The minimum Gasteiger partial charge on any atom is -0.382 e. The Bertz CT molecular complexity index is 664. The largest absolute Gasteiger partial charge is 0.382 e. The third kappa shape index (κ3) is 5.41. The van der Waals surface area contributed by atoms with E-state index in [9.17, 15) is 9.18 Å². The molecule has 2 aromatic rings. The highest BCUT2D eigenvalue weighted by Crippen LogP contribution is 2.19. The van der Waals surface area contributed by atoms with Crippen LogP contribution >= 0.6 is 11.6 Å². The van der Waals surface area contributed by atoms with E-state index in [4.69, 9.17) is 17.3 Å². The van der Waals surface area contributed by atoms with Gasteiger partial charge in [-0.15, -0.1) is 11.6 Å². The summed E-state index contributed by atoms with van der Waals surface area (Å²) in [6.07, 6.45) is 0.950. The molecule has 5 nitrogen and oxygen atoms in total. The Hall–Kier alpha value is -2.34. The lowest BCUT2D eigenvalue weighted by molar-refractivity contribution is -0.116. The molecule has 0 fully saturated rings. The van der Waals surface area contributed by atoms with Crippen LogP contribution in [0.15, 0.2) is 36.4 Å². The van der Waals surface area contributed by atoms with Gasteiger partial charge in [-0.25, -0.2) is 9.37 Å². The maximum absolute atomic E-state index is 12.8. The van der Waals surface area contributed by atoms with Crippen LogP contribution in [0.3, 0.4) is 0 Å². The fraction of sp³-hybridized carbons (Fsp3) is 0.250. The second-order valence-electron chi connectivity index (χ2n) is 4.95. The summed E-state index contributed by atoms with van der Waals surface area (Å²) in [6, 6.07) is 9.59. The second-order valence-corrected chi connectivity index (χ2v) is 5.33. The van der Waals surface area contributed by atoms with Crippen LogP contribution in [-0.2, 0) is 11.3 Å². The van der Waals surface area contributed by atoms with E-state index in [1.54, 1.807) is 24.3 Å². The van der Waals surface area contributed by atoms with Crippen molar-refractivity contribution < 1.29 is 9.18 Å². The number of nitrogen functional groups attached to an aromatic ring is 1. The number of rotatable bonds is 7. The number of nitrogens with one attached hydrogen (secondary N) is 2. The summed E-state index contributed by atoms with van der Waals surface area (Å²) in [4.78, 5) is 15.8. The van der Waals surface area contributed by atoms with E-state index in [0.29, 0.717) is 36.8 Å². The third-order valence-electron chi connectivity index (χ3n) is 3.12. The van der Waals surface area contributed by atoms with Crippen LogP contribution in [0.25, 0.3) is 0 Å². The average Bonchev–Trinajstić information content (AvgIpc) is 2.54. The number of carbonyl (C=O) groups excluding carboxylic acids is 1. The Morgan fingerprint density at radius 2 is 1.96 bits per heavy atom. The van der Waals surface area contributed by atoms with Crippen LogP contribution < -0.4 is 16.4 Å². The quantitative estimate of drug-likeness (QED) is 0.677. The van der Waals surface area contributed by atoms with Gasteiger partial charge in [-0.1, -0.05) is 12.1 Å². The van der Waals surface area contributed by atoms with E-state index >= 15 is 0 Å². The van der Waals surface area contributed by atoms with E-state index in [2.05, 4.69) is 15.6 Å². The molecule has 1 aromatic heterocycles. The average molecular weight is 337 g/mol. The monoisotopic (exact) mass is 336 g/mol. The Morgan fingerprint density at radius 1 is 1.22 bits per heavy atom. The summed E-state index contributed by atoms with van der Waals surface area (Å²) < 4.78 is 12.8. The molecule has 1 amide bonds. The molecule has 0 atom stereocenters. The van der Waals surface area contributed by atoms with Crippen molar-refractivity contribution in [2.75, 3.05) is 22.2 Å². The van der Waals surface area contributed by atoms with Gasteiger partial charge in [0.1, 0.15) is 17.5 Å². The molecular formula is C16H18ClFN4O. The summed E-state index contributed by atoms with van der Waals surface area (Å²) >= 11 is 5.55. The molecule has 4 N–H and O–H groups in total. The van der Waals surface area contributed by atoms with Gasteiger partial charge < -0.3 is 16.4 Å². The zero-order valence-corrected chi connectivity index (χ0v) is 13.2. The molecule has 0 aliphatic rings. The fourth-order valence-corrected chi connectivity index (χ4v) is 2.05. The Labute approximate surface area is 139 Å². The van der Waals surface area contributed by atoms with E-state index < -0.39 is 0 Å². The van der Waals surface area contributed by atoms with Crippen LogP contribution in [0.1, 0.15) is 18.4 Å².